The summed E-state index contributed by atoms with van der Waals surface area (Å²) in [6.07, 6.45) is 0. The molecule has 0 spiro atoms. The highest BCUT2D eigenvalue weighted by Gasteiger charge is 2.19. The van der Waals surface area contributed by atoms with Crippen LogP contribution in [0, 0.1) is 5.82 Å². The number of benzene rings is 2. The van der Waals surface area contributed by atoms with E-state index in [0.717, 1.165) is 5.56 Å². The van der Waals surface area contributed by atoms with Crippen molar-refractivity contribution in [2.24, 2.45) is 0 Å². The predicted molar refractivity (Wildman–Crippen MR) is 96.7 cm³/mol. The van der Waals surface area contributed by atoms with Gasteiger partial charge < -0.3 is 5.11 Å². The zero-order chi connectivity index (χ0) is 18.3. The zero-order valence-corrected chi connectivity index (χ0v) is 14.0. The number of carbonyl (C=O) groups is 1. The Balaban J connectivity index is 1.94. The average Bonchev–Trinajstić information content (AvgIpc) is 3.06. The van der Waals surface area contributed by atoms with E-state index >= 15 is 0 Å². The lowest BCUT2D eigenvalue weighted by Gasteiger charge is -2.06. The molecule has 2 aromatic carbocycles. The van der Waals surface area contributed by atoms with Crippen molar-refractivity contribution in [2.75, 3.05) is 0 Å². The first-order valence-electron chi connectivity index (χ1n) is 7.67. The minimum absolute atomic E-state index is 0.0630. The largest absolute Gasteiger partial charge is 0.478 e. The van der Waals surface area contributed by atoms with Gasteiger partial charge in [-0.3, -0.25) is 5.10 Å². The molecule has 5 nitrogen and oxygen atoms in total. The van der Waals surface area contributed by atoms with Gasteiger partial charge in [-0.15, -0.1) is 0 Å². The number of rotatable bonds is 3. The van der Waals surface area contributed by atoms with Crippen molar-refractivity contribution >= 4 is 28.6 Å². The van der Waals surface area contributed by atoms with E-state index in [4.69, 9.17) is 11.6 Å². The number of halogens is 2. The Labute approximate surface area is 152 Å². The minimum atomic E-state index is -1.10. The monoisotopic (exact) mass is 367 g/mol. The molecular formula is C19H11ClFN3O2. The van der Waals surface area contributed by atoms with Crippen molar-refractivity contribution in [3.8, 4) is 22.5 Å². The number of carboxylic acid groups (broad SMARTS) is 1. The highest BCUT2D eigenvalue weighted by molar-refractivity contribution is 6.30. The average molecular weight is 368 g/mol. The van der Waals surface area contributed by atoms with Crippen LogP contribution in [0.3, 0.4) is 0 Å². The van der Waals surface area contributed by atoms with Crippen LogP contribution in [0.2, 0.25) is 5.02 Å². The number of H-pyrrole nitrogens is 1. The van der Waals surface area contributed by atoms with E-state index in [1.165, 1.54) is 18.2 Å². The molecule has 2 heterocycles. The summed E-state index contributed by atoms with van der Waals surface area (Å²) < 4.78 is 13.1. The van der Waals surface area contributed by atoms with Gasteiger partial charge in [-0.05, 0) is 42.5 Å². The molecule has 0 aliphatic rings. The van der Waals surface area contributed by atoms with E-state index in [0.29, 0.717) is 27.4 Å². The zero-order valence-electron chi connectivity index (χ0n) is 13.2. The topological polar surface area (TPSA) is 78.9 Å². The molecule has 0 fully saturated rings. The molecule has 128 valence electrons. The Bertz CT molecular complexity index is 1120. The number of hydrogen-bond donors (Lipinski definition) is 2. The summed E-state index contributed by atoms with van der Waals surface area (Å²) in [5.74, 6) is -1.48. The maximum absolute atomic E-state index is 13.1. The lowest BCUT2D eigenvalue weighted by atomic mass is 10.0. The van der Waals surface area contributed by atoms with Crippen molar-refractivity contribution in [3.63, 3.8) is 0 Å². The van der Waals surface area contributed by atoms with Crippen molar-refractivity contribution in [1.29, 1.82) is 0 Å². The number of nitrogens with zero attached hydrogens (tertiary/aromatic N) is 2. The molecule has 0 saturated carbocycles. The maximum Gasteiger partial charge on any atom is 0.336 e. The molecule has 4 rings (SSSR count). The Morgan fingerprint density at radius 3 is 2.35 bits per heavy atom. The first kappa shape index (κ1) is 16.2. The summed E-state index contributed by atoms with van der Waals surface area (Å²) in [5, 5.41) is 17.7. The van der Waals surface area contributed by atoms with Crippen LogP contribution in [-0.4, -0.2) is 26.3 Å². The second kappa shape index (κ2) is 6.24. The van der Waals surface area contributed by atoms with Gasteiger partial charge >= 0.3 is 5.97 Å². The number of aromatic carboxylic acids is 1. The van der Waals surface area contributed by atoms with E-state index in [-0.39, 0.29) is 17.0 Å². The van der Waals surface area contributed by atoms with Crippen LogP contribution in [0.4, 0.5) is 4.39 Å². The van der Waals surface area contributed by atoms with Gasteiger partial charge in [-0.2, -0.15) is 5.10 Å². The van der Waals surface area contributed by atoms with Gasteiger partial charge in [-0.1, -0.05) is 23.7 Å². The fourth-order valence-electron chi connectivity index (χ4n) is 2.79. The van der Waals surface area contributed by atoms with Gasteiger partial charge in [0.15, 0.2) is 5.65 Å². The first-order chi connectivity index (χ1) is 12.5. The van der Waals surface area contributed by atoms with Crippen molar-refractivity contribution in [2.45, 2.75) is 0 Å². The van der Waals surface area contributed by atoms with Crippen LogP contribution in [0.1, 0.15) is 10.4 Å². The molecule has 2 aromatic heterocycles. The Hall–Kier alpha value is -3.25. The van der Waals surface area contributed by atoms with Crippen LogP contribution in [0.5, 0.6) is 0 Å². The van der Waals surface area contributed by atoms with Crippen LogP contribution in [0.25, 0.3) is 33.5 Å². The molecule has 2 N–H and O–H groups in total. The highest BCUT2D eigenvalue weighted by atomic mass is 35.5. The summed E-state index contributed by atoms with van der Waals surface area (Å²) in [6, 6.07) is 14.1. The SMILES string of the molecule is O=C(O)c1cc(-c2ccc(F)cc2)nc2n[nH]c(-c3ccc(Cl)cc3)c12. The van der Waals surface area contributed by atoms with Gasteiger partial charge in [0.25, 0.3) is 0 Å². The third kappa shape index (κ3) is 2.80. The number of nitrogens with one attached hydrogen (secondary N) is 1. The fourth-order valence-corrected chi connectivity index (χ4v) is 2.91. The van der Waals surface area contributed by atoms with E-state index in [9.17, 15) is 14.3 Å². The lowest BCUT2D eigenvalue weighted by molar-refractivity contribution is 0.0699. The molecular weight excluding hydrogens is 357 g/mol. The molecule has 0 radical (unpaired) electrons. The van der Waals surface area contributed by atoms with E-state index < -0.39 is 5.97 Å². The lowest BCUT2D eigenvalue weighted by Crippen LogP contribution is -2.00. The first-order valence-corrected chi connectivity index (χ1v) is 8.05. The van der Waals surface area contributed by atoms with Gasteiger partial charge in [0.1, 0.15) is 5.82 Å². The summed E-state index contributed by atoms with van der Waals surface area (Å²) in [4.78, 5) is 16.3. The quantitative estimate of drug-likeness (QED) is 0.546. The molecule has 26 heavy (non-hydrogen) atoms. The maximum atomic E-state index is 13.1. The number of aromatic nitrogens is 3. The number of pyridine rings is 1. The number of fused-ring (bicyclic) bond motifs is 1. The van der Waals surface area contributed by atoms with E-state index in [2.05, 4.69) is 15.2 Å². The van der Waals surface area contributed by atoms with Gasteiger partial charge in [0, 0.05) is 16.1 Å². The molecule has 0 aliphatic carbocycles. The third-order valence-corrected chi connectivity index (χ3v) is 4.28. The van der Waals surface area contributed by atoms with Gasteiger partial charge in [-0.25, -0.2) is 14.2 Å². The summed E-state index contributed by atoms with van der Waals surface area (Å²) in [6.45, 7) is 0. The second-order valence-electron chi connectivity index (χ2n) is 5.67. The third-order valence-electron chi connectivity index (χ3n) is 4.03. The molecule has 0 unspecified atom stereocenters. The molecule has 0 aliphatic heterocycles. The fraction of sp³-hybridized carbons (Fsp3) is 0. The predicted octanol–water partition coefficient (Wildman–Crippen LogP) is 4.78. The molecule has 0 amide bonds. The normalized spacial score (nSPS) is 11.0. The summed E-state index contributed by atoms with van der Waals surface area (Å²) in [5.41, 5.74) is 2.64. The molecule has 0 atom stereocenters. The van der Waals surface area contributed by atoms with E-state index in [1.54, 1.807) is 36.4 Å². The Morgan fingerprint density at radius 1 is 1.04 bits per heavy atom. The van der Waals surface area contributed by atoms with Gasteiger partial charge in [0.05, 0.1) is 22.3 Å². The molecule has 4 aromatic rings. The Morgan fingerprint density at radius 2 is 1.69 bits per heavy atom. The standard InChI is InChI=1S/C19H11ClFN3O2/c20-12-5-1-11(2-6-12)17-16-14(19(25)26)9-15(22-18(16)24-23-17)10-3-7-13(21)8-4-10/h1-9H,(H,25,26)(H,22,23,24). The van der Waals surface area contributed by atoms with E-state index in [1.807, 2.05) is 0 Å². The summed E-state index contributed by atoms with van der Waals surface area (Å²) >= 11 is 5.91. The molecule has 7 heteroatoms. The highest BCUT2D eigenvalue weighted by Crippen LogP contribution is 2.32. The van der Waals surface area contributed by atoms with Gasteiger partial charge in [0.2, 0.25) is 0 Å². The number of hydrogen-bond acceptors (Lipinski definition) is 3. The number of aromatic amines is 1. The number of carboxylic acids is 1. The Kier molecular flexibility index (Phi) is 3.89. The van der Waals surface area contributed by atoms with Crippen LogP contribution < -0.4 is 0 Å². The van der Waals surface area contributed by atoms with Crippen LogP contribution in [0.15, 0.2) is 54.6 Å². The van der Waals surface area contributed by atoms with Crippen molar-refractivity contribution < 1.29 is 14.3 Å². The van der Waals surface area contributed by atoms with Crippen LogP contribution in [-0.2, 0) is 0 Å². The molecule has 0 saturated heterocycles. The van der Waals surface area contributed by atoms with Crippen molar-refractivity contribution in [3.05, 3.63) is 71.0 Å². The molecule has 0 bridgehead atoms. The van der Waals surface area contributed by atoms with Crippen molar-refractivity contribution in [1.82, 2.24) is 15.2 Å². The smallest absolute Gasteiger partial charge is 0.336 e. The second-order valence-corrected chi connectivity index (χ2v) is 6.11. The summed E-state index contributed by atoms with van der Waals surface area (Å²) in [7, 11) is 0. The minimum Gasteiger partial charge on any atom is -0.478 e. The van der Waals surface area contributed by atoms with Crippen LogP contribution >= 0.6 is 11.6 Å².